The fourth-order valence-electron chi connectivity index (χ4n) is 3.57. The van der Waals surface area contributed by atoms with Crippen molar-refractivity contribution in [2.24, 2.45) is 5.92 Å². The fourth-order valence-corrected chi connectivity index (χ4v) is 3.57. The molecule has 26 heavy (non-hydrogen) atoms. The minimum absolute atomic E-state index is 0.0883. The van der Waals surface area contributed by atoms with Crippen LogP contribution in [0.25, 0.3) is 0 Å². The first-order valence-electron chi connectivity index (χ1n) is 8.70. The first-order chi connectivity index (χ1) is 12.6. The van der Waals surface area contributed by atoms with E-state index in [1.807, 2.05) is 24.3 Å². The smallest absolute Gasteiger partial charge is 0.227 e. The van der Waals surface area contributed by atoms with E-state index in [4.69, 9.17) is 4.74 Å². The number of ether oxygens (including phenoxy) is 1. The highest BCUT2D eigenvalue weighted by molar-refractivity contribution is 6.00. The van der Waals surface area contributed by atoms with Crippen LogP contribution in [0.15, 0.2) is 48.5 Å². The molecule has 0 aliphatic carbocycles. The van der Waals surface area contributed by atoms with Gasteiger partial charge in [0.25, 0.3) is 0 Å². The summed E-state index contributed by atoms with van der Waals surface area (Å²) in [6.07, 6.45) is 0.769. The van der Waals surface area contributed by atoms with Gasteiger partial charge in [0.1, 0.15) is 11.6 Å². The zero-order valence-electron chi connectivity index (χ0n) is 14.2. The highest BCUT2D eigenvalue weighted by Gasteiger charge is 2.37. The van der Waals surface area contributed by atoms with Crippen molar-refractivity contribution in [2.45, 2.75) is 18.9 Å². The van der Waals surface area contributed by atoms with Crippen molar-refractivity contribution in [3.05, 3.63) is 59.9 Å². The van der Waals surface area contributed by atoms with E-state index in [0.717, 1.165) is 11.3 Å². The molecule has 1 fully saturated rings. The molecule has 1 N–H and O–H groups in total. The number of para-hydroxylation sites is 2. The number of hydrogen-bond donors (Lipinski definition) is 1. The third-order valence-corrected chi connectivity index (χ3v) is 4.91. The topological polar surface area (TPSA) is 58.6 Å². The second-order valence-corrected chi connectivity index (χ2v) is 6.59. The molecule has 2 amide bonds. The van der Waals surface area contributed by atoms with E-state index in [1.165, 1.54) is 11.0 Å². The summed E-state index contributed by atoms with van der Waals surface area (Å²) in [5.41, 5.74) is 1.17. The predicted octanol–water partition coefficient (Wildman–Crippen LogP) is 2.82. The molecular weight excluding hydrogens is 335 g/mol. The first kappa shape index (κ1) is 16.6. The first-order valence-corrected chi connectivity index (χ1v) is 8.70. The van der Waals surface area contributed by atoms with Gasteiger partial charge in [-0.1, -0.05) is 30.3 Å². The summed E-state index contributed by atoms with van der Waals surface area (Å²) in [7, 11) is 0. The number of benzene rings is 2. The fraction of sp³-hybridized carbons (Fsp3) is 0.300. The Kier molecular flexibility index (Phi) is 4.32. The SMILES string of the molecule is O=C(NC1CCOc2ccccc21)C1CC(=O)N(c2ccccc2F)C1. The van der Waals surface area contributed by atoms with E-state index in [-0.39, 0.29) is 36.5 Å². The number of halogens is 1. The van der Waals surface area contributed by atoms with Crippen LogP contribution in [-0.4, -0.2) is 25.0 Å². The van der Waals surface area contributed by atoms with Crippen molar-refractivity contribution in [1.29, 1.82) is 0 Å². The van der Waals surface area contributed by atoms with Crippen LogP contribution in [0.2, 0.25) is 0 Å². The summed E-state index contributed by atoms with van der Waals surface area (Å²) < 4.78 is 19.6. The summed E-state index contributed by atoms with van der Waals surface area (Å²) in [6, 6.07) is 13.6. The minimum Gasteiger partial charge on any atom is -0.493 e. The van der Waals surface area contributed by atoms with Crippen LogP contribution >= 0.6 is 0 Å². The van der Waals surface area contributed by atoms with Crippen molar-refractivity contribution in [3.8, 4) is 5.75 Å². The average Bonchev–Trinajstić information content (AvgIpc) is 3.04. The Morgan fingerprint density at radius 2 is 1.92 bits per heavy atom. The highest BCUT2D eigenvalue weighted by Crippen LogP contribution is 2.33. The zero-order valence-corrected chi connectivity index (χ0v) is 14.2. The van der Waals surface area contributed by atoms with Gasteiger partial charge in [-0.3, -0.25) is 9.59 Å². The normalized spacial score (nSPS) is 21.9. The maximum absolute atomic E-state index is 14.0. The lowest BCUT2D eigenvalue weighted by Crippen LogP contribution is -2.37. The lowest BCUT2D eigenvalue weighted by Gasteiger charge is -2.27. The molecule has 5 nitrogen and oxygen atoms in total. The van der Waals surface area contributed by atoms with Gasteiger partial charge in [-0.05, 0) is 18.2 Å². The van der Waals surface area contributed by atoms with Crippen molar-refractivity contribution in [3.63, 3.8) is 0 Å². The van der Waals surface area contributed by atoms with Crippen LogP contribution in [0.5, 0.6) is 5.75 Å². The molecule has 2 aromatic carbocycles. The maximum Gasteiger partial charge on any atom is 0.227 e. The number of anilines is 1. The quantitative estimate of drug-likeness (QED) is 0.922. The summed E-state index contributed by atoms with van der Waals surface area (Å²) in [5, 5.41) is 3.03. The highest BCUT2D eigenvalue weighted by atomic mass is 19.1. The monoisotopic (exact) mass is 354 g/mol. The van der Waals surface area contributed by atoms with E-state index in [2.05, 4.69) is 5.32 Å². The molecular formula is C20H19FN2O3. The molecule has 2 aromatic rings. The Labute approximate surface area is 150 Å². The van der Waals surface area contributed by atoms with Crippen molar-refractivity contribution >= 4 is 17.5 Å². The Bertz CT molecular complexity index is 854. The van der Waals surface area contributed by atoms with Crippen LogP contribution in [0.3, 0.4) is 0 Å². The number of nitrogens with one attached hydrogen (secondary N) is 1. The molecule has 1 saturated heterocycles. The Morgan fingerprint density at radius 1 is 1.15 bits per heavy atom. The number of hydrogen-bond acceptors (Lipinski definition) is 3. The number of carbonyl (C=O) groups excluding carboxylic acids is 2. The molecule has 4 rings (SSSR count). The number of amides is 2. The molecule has 6 heteroatoms. The number of carbonyl (C=O) groups is 2. The Balaban J connectivity index is 1.47. The van der Waals surface area contributed by atoms with Crippen molar-refractivity contribution in [1.82, 2.24) is 5.32 Å². The molecule has 2 aliphatic heterocycles. The molecule has 2 aliphatic rings. The van der Waals surface area contributed by atoms with E-state index in [0.29, 0.717) is 13.0 Å². The van der Waals surface area contributed by atoms with Crippen molar-refractivity contribution in [2.75, 3.05) is 18.1 Å². The standard InChI is InChI=1S/C20H19FN2O3/c21-15-6-2-3-7-17(15)23-12-13(11-19(23)24)20(25)22-16-9-10-26-18-8-4-1-5-14(16)18/h1-8,13,16H,9-12H2,(H,22,25). The second-order valence-electron chi connectivity index (χ2n) is 6.59. The third kappa shape index (κ3) is 3.03. The van der Waals surface area contributed by atoms with Gasteiger partial charge >= 0.3 is 0 Å². The Hall–Kier alpha value is -2.89. The van der Waals surface area contributed by atoms with Crippen LogP contribution in [-0.2, 0) is 9.59 Å². The summed E-state index contributed by atoms with van der Waals surface area (Å²) in [4.78, 5) is 26.4. The minimum atomic E-state index is -0.489. The average molecular weight is 354 g/mol. The van der Waals surface area contributed by atoms with Crippen LogP contribution in [0.4, 0.5) is 10.1 Å². The third-order valence-electron chi connectivity index (χ3n) is 4.91. The van der Waals surface area contributed by atoms with Crippen LogP contribution in [0, 0.1) is 11.7 Å². The molecule has 0 bridgehead atoms. The van der Waals surface area contributed by atoms with Gasteiger partial charge in [-0.15, -0.1) is 0 Å². The predicted molar refractivity (Wildman–Crippen MR) is 94.3 cm³/mol. The van der Waals surface area contributed by atoms with E-state index in [1.54, 1.807) is 18.2 Å². The molecule has 2 heterocycles. The van der Waals surface area contributed by atoms with E-state index < -0.39 is 11.7 Å². The molecule has 0 spiro atoms. The zero-order chi connectivity index (χ0) is 18.1. The number of nitrogens with zero attached hydrogens (tertiary/aromatic N) is 1. The van der Waals surface area contributed by atoms with Gasteiger partial charge < -0.3 is 15.0 Å². The lowest BCUT2D eigenvalue weighted by atomic mass is 9.99. The van der Waals surface area contributed by atoms with Crippen LogP contribution < -0.4 is 15.0 Å². The number of fused-ring (bicyclic) bond motifs is 1. The molecule has 0 radical (unpaired) electrons. The lowest BCUT2D eigenvalue weighted by molar-refractivity contribution is -0.127. The molecule has 0 saturated carbocycles. The maximum atomic E-state index is 14.0. The summed E-state index contributed by atoms with van der Waals surface area (Å²) in [5.74, 6) is -0.585. The van der Waals surface area contributed by atoms with Crippen molar-refractivity contribution < 1.29 is 18.7 Å². The van der Waals surface area contributed by atoms with E-state index in [9.17, 15) is 14.0 Å². The van der Waals surface area contributed by atoms with Gasteiger partial charge in [-0.25, -0.2) is 4.39 Å². The molecule has 2 unspecified atom stereocenters. The van der Waals surface area contributed by atoms with Gasteiger partial charge in [0.05, 0.1) is 24.3 Å². The number of rotatable bonds is 3. The van der Waals surface area contributed by atoms with Gasteiger partial charge in [-0.2, -0.15) is 0 Å². The second kappa shape index (κ2) is 6.78. The van der Waals surface area contributed by atoms with E-state index >= 15 is 0 Å². The molecule has 2 atom stereocenters. The summed E-state index contributed by atoms with van der Waals surface area (Å²) in [6.45, 7) is 0.726. The largest absolute Gasteiger partial charge is 0.493 e. The van der Waals surface area contributed by atoms with Gasteiger partial charge in [0.15, 0.2) is 0 Å². The summed E-state index contributed by atoms with van der Waals surface area (Å²) >= 11 is 0. The molecule has 134 valence electrons. The van der Waals surface area contributed by atoms with Gasteiger partial charge in [0, 0.05) is 24.9 Å². The molecule has 0 aromatic heterocycles. The van der Waals surface area contributed by atoms with Gasteiger partial charge in [0.2, 0.25) is 11.8 Å². The Morgan fingerprint density at radius 3 is 2.77 bits per heavy atom. The van der Waals surface area contributed by atoms with Crippen LogP contribution in [0.1, 0.15) is 24.4 Å².